The van der Waals surface area contributed by atoms with Gasteiger partial charge in [0.05, 0.1) is 11.0 Å². The number of ether oxygens (including phenoxy) is 2. The van der Waals surface area contributed by atoms with Crippen LogP contribution in [0, 0.1) is 0 Å². The van der Waals surface area contributed by atoms with Gasteiger partial charge in [0.2, 0.25) is 10.0 Å². The first kappa shape index (κ1) is 20.0. The Hall–Kier alpha value is -1.32. The smallest absolute Gasteiger partial charge is 0.406 e. The molecule has 0 bridgehead atoms. The number of nitrogens with one attached hydrogen (secondary N) is 1. The van der Waals surface area contributed by atoms with Crippen molar-refractivity contribution >= 4 is 10.0 Å². The van der Waals surface area contributed by atoms with Crippen LogP contribution in [0.1, 0.15) is 38.5 Å². The maximum Gasteiger partial charge on any atom is 0.573 e. The largest absolute Gasteiger partial charge is 0.573 e. The molecule has 1 aromatic rings. The molecule has 1 fully saturated rings. The normalized spacial score (nSPS) is 16.8. The molecule has 1 aliphatic rings. The van der Waals surface area contributed by atoms with Crippen LogP contribution in [0.25, 0.3) is 0 Å². The molecule has 0 heterocycles. The summed E-state index contributed by atoms with van der Waals surface area (Å²) in [6.07, 6.45) is 1.69. The lowest BCUT2D eigenvalue weighted by molar-refractivity contribution is -0.274. The highest BCUT2D eigenvalue weighted by Crippen LogP contribution is 2.24. The zero-order valence-electron chi connectivity index (χ0n) is 13.7. The summed E-state index contributed by atoms with van der Waals surface area (Å²) in [7, 11) is -3.77. The van der Waals surface area contributed by atoms with Crippen molar-refractivity contribution in [2.75, 3.05) is 13.2 Å². The van der Waals surface area contributed by atoms with E-state index in [2.05, 4.69) is 9.46 Å². The van der Waals surface area contributed by atoms with E-state index in [0.717, 1.165) is 37.1 Å². The predicted molar refractivity (Wildman–Crippen MR) is 85.8 cm³/mol. The summed E-state index contributed by atoms with van der Waals surface area (Å²) in [6, 6.07) is 4.08. The van der Waals surface area contributed by atoms with Crippen molar-refractivity contribution in [3.63, 3.8) is 0 Å². The fraction of sp³-hybridized carbons (Fsp3) is 0.625. The molecule has 0 amide bonds. The monoisotopic (exact) mass is 381 g/mol. The van der Waals surface area contributed by atoms with Crippen molar-refractivity contribution in [2.24, 2.45) is 0 Å². The minimum atomic E-state index is -4.81. The number of halogens is 3. The van der Waals surface area contributed by atoms with Crippen LogP contribution in [-0.4, -0.2) is 34.0 Å². The second kappa shape index (κ2) is 8.86. The third kappa shape index (κ3) is 7.21. The molecule has 0 saturated heterocycles. The number of benzene rings is 1. The van der Waals surface area contributed by atoms with Crippen molar-refractivity contribution in [1.29, 1.82) is 0 Å². The van der Waals surface area contributed by atoms with Gasteiger partial charge in [-0.1, -0.05) is 19.3 Å². The van der Waals surface area contributed by atoms with Gasteiger partial charge < -0.3 is 9.47 Å². The Morgan fingerprint density at radius 3 is 2.32 bits per heavy atom. The molecule has 9 heteroatoms. The van der Waals surface area contributed by atoms with E-state index in [9.17, 15) is 21.6 Å². The highest BCUT2D eigenvalue weighted by molar-refractivity contribution is 7.89. The molecule has 0 unspecified atom stereocenters. The van der Waals surface area contributed by atoms with Crippen LogP contribution < -0.4 is 9.46 Å². The Bertz CT molecular complexity index is 626. The average Bonchev–Trinajstić information content (AvgIpc) is 2.54. The van der Waals surface area contributed by atoms with Crippen molar-refractivity contribution in [3.05, 3.63) is 24.3 Å². The molecule has 0 spiro atoms. The fourth-order valence-corrected chi connectivity index (χ4v) is 3.74. The van der Waals surface area contributed by atoms with E-state index >= 15 is 0 Å². The Kier molecular flexibility index (Phi) is 7.09. The van der Waals surface area contributed by atoms with Crippen molar-refractivity contribution < 1.29 is 31.1 Å². The average molecular weight is 381 g/mol. The van der Waals surface area contributed by atoms with Gasteiger partial charge in [0.25, 0.3) is 0 Å². The second-order valence-corrected chi connectivity index (χ2v) is 7.67. The Balaban J connectivity index is 1.74. The van der Waals surface area contributed by atoms with Gasteiger partial charge in [-0.15, -0.1) is 13.2 Å². The minimum Gasteiger partial charge on any atom is -0.406 e. The number of hydrogen-bond donors (Lipinski definition) is 1. The first-order chi connectivity index (χ1) is 11.8. The van der Waals surface area contributed by atoms with Crippen molar-refractivity contribution in [3.8, 4) is 5.75 Å². The Morgan fingerprint density at radius 2 is 1.72 bits per heavy atom. The fourth-order valence-electron chi connectivity index (χ4n) is 2.66. The highest BCUT2D eigenvalue weighted by atomic mass is 32.2. The second-order valence-electron chi connectivity index (χ2n) is 5.90. The summed E-state index contributed by atoms with van der Waals surface area (Å²) in [5, 5.41) is 0. The minimum absolute atomic E-state index is 0.116. The quantitative estimate of drug-likeness (QED) is 0.699. The van der Waals surface area contributed by atoms with Crippen LogP contribution in [0.15, 0.2) is 29.2 Å². The van der Waals surface area contributed by atoms with Gasteiger partial charge in [-0.3, -0.25) is 0 Å². The molecule has 142 valence electrons. The first-order valence-electron chi connectivity index (χ1n) is 8.23. The van der Waals surface area contributed by atoms with Crippen LogP contribution in [0.3, 0.4) is 0 Å². The summed E-state index contributed by atoms with van der Waals surface area (Å²) in [5.41, 5.74) is 0. The number of sulfonamides is 1. The van der Waals surface area contributed by atoms with Gasteiger partial charge >= 0.3 is 6.36 Å². The Morgan fingerprint density at radius 1 is 1.08 bits per heavy atom. The SMILES string of the molecule is O=S(=O)(NCCCOC1CCCCC1)c1ccc(OC(F)(F)F)cc1. The summed E-state index contributed by atoms with van der Waals surface area (Å²) in [5.74, 6) is -0.465. The van der Waals surface area contributed by atoms with Crippen LogP contribution >= 0.6 is 0 Å². The summed E-state index contributed by atoms with van der Waals surface area (Å²) in [6.45, 7) is 0.682. The van der Waals surface area contributed by atoms with Gasteiger partial charge in [0.1, 0.15) is 5.75 Å². The van der Waals surface area contributed by atoms with Gasteiger partial charge in [-0.05, 0) is 43.5 Å². The molecule has 0 atom stereocenters. The summed E-state index contributed by atoms with van der Waals surface area (Å²) < 4.78 is 72.2. The van der Waals surface area contributed by atoms with E-state index in [1.54, 1.807) is 0 Å². The maximum absolute atomic E-state index is 12.1. The molecular weight excluding hydrogens is 359 g/mol. The molecule has 5 nitrogen and oxygen atoms in total. The number of alkyl halides is 3. The zero-order valence-corrected chi connectivity index (χ0v) is 14.5. The van der Waals surface area contributed by atoms with Crippen LogP contribution in [0.4, 0.5) is 13.2 Å². The van der Waals surface area contributed by atoms with Crippen molar-refractivity contribution in [2.45, 2.75) is 55.9 Å². The highest BCUT2D eigenvalue weighted by Gasteiger charge is 2.31. The van der Waals surface area contributed by atoms with E-state index in [1.807, 2.05) is 0 Å². The molecule has 0 aromatic heterocycles. The maximum atomic E-state index is 12.1. The lowest BCUT2D eigenvalue weighted by Gasteiger charge is -2.21. The lowest BCUT2D eigenvalue weighted by Crippen LogP contribution is -2.26. The summed E-state index contributed by atoms with van der Waals surface area (Å²) >= 11 is 0. The molecule has 0 radical (unpaired) electrons. The molecule has 0 aliphatic heterocycles. The third-order valence-electron chi connectivity index (χ3n) is 3.89. The first-order valence-corrected chi connectivity index (χ1v) is 9.72. The van der Waals surface area contributed by atoms with E-state index in [-0.39, 0.29) is 17.5 Å². The van der Waals surface area contributed by atoms with Gasteiger partial charge in [0, 0.05) is 13.2 Å². The molecule has 1 aliphatic carbocycles. The topological polar surface area (TPSA) is 64.6 Å². The molecule has 1 aromatic carbocycles. The lowest BCUT2D eigenvalue weighted by atomic mass is 9.98. The number of hydrogen-bond acceptors (Lipinski definition) is 4. The van der Waals surface area contributed by atoms with Crippen LogP contribution in [0.2, 0.25) is 0 Å². The number of rotatable bonds is 8. The van der Waals surface area contributed by atoms with Gasteiger partial charge in [-0.2, -0.15) is 0 Å². The molecule has 1 N–H and O–H groups in total. The van der Waals surface area contributed by atoms with Crippen molar-refractivity contribution in [1.82, 2.24) is 4.72 Å². The summed E-state index contributed by atoms with van der Waals surface area (Å²) in [4.78, 5) is -0.116. The van der Waals surface area contributed by atoms with Gasteiger partial charge in [0.15, 0.2) is 0 Å². The van der Waals surface area contributed by atoms with Crippen LogP contribution in [0.5, 0.6) is 5.75 Å². The van der Waals surface area contributed by atoms with Gasteiger partial charge in [-0.25, -0.2) is 13.1 Å². The van der Waals surface area contributed by atoms with E-state index in [1.165, 1.54) is 19.3 Å². The van der Waals surface area contributed by atoms with E-state index < -0.39 is 22.1 Å². The standard InChI is InChI=1S/C16H22F3NO4S/c17-16(18,19)24-14-7-9-15(10-8-14)25(21,22)20-11-4-12-23-13-5-2-1-3-6-13/h7-10,13,20H,1-6,11-12H2. The zero-order chi connectivity index (χ0) is 18.3. The van der Waals surface area contributed by atoms with E-state index in [0.29, 0.717) is 13.0 Å². The molecule has 1 saturated carbocycles. The molecule has 25 heavy (non-hydrogen) atoms. The predicted octanol–water partition coefficient (Wildman–Crippen LogP) is 3.60. The Labute approximate surface area is 145 Å². The van der Waals surface area contributed by atoms with E-state index in [4.69, 9.17) is 4.74 Å². The molecule has 2 rings (SSSR count). The molecular formula is C16H22F3NO4S. The van der Waals surface area contributed by atoms with Crippen LogP contribution in [-0.2, 0) is 14.8 Å². The third-order valence-corrected chi connectivity index (χ3v) is 5.36.